The fourth-order valence-electron chi connectivity index (χ4n) is 2.36. The second-order valence-electron chi connectivity index (χ2n) is 5.77. The van der Waals surface area contributed by atoms with E-state index in [1.807, 2.05) is 0 Å². The van der Waals surface area contributed by atoms with Crippen molar-refractivity contribution in [1.29, 1.82) is 0 Å². The molecule has 0 aromatic heterocycles. The number of ether oxygens (including phenoxy) is 4. The fraction of sp³-hybridized carbons (Fsp3) is 0.857. The standard InChI is InChI=1S/C14H24O13/c1-24-14-12(10(21)8(19)6(26-14)3-25-4-16)27-13(23)11(22)9(20)7(18)5(17)2-15/h4-12,14-15,17-22H,2-3H2,1H3/t5-,6-,7-,8-,9+,10+,11+,12+,14?/m1/s1. The molecule has 1 rings (SSSR count). The molecule has 27 heavy (non-hydrogen) atoms. The van der Waals surface area contributed by atoms with Crippen LogP contribution in [0.5, 0.6) is 0 Å². The number of aliphatic hydroxyl groups excluding tert-OH is 7. The van der Waals surface area contributed by atoms with Crippen LogP contribution in [0.1, 0.15) is 0 Å². The third-order valence-corrected chi connectivity index (χ3v) is 3.95. The molecule has 0 saturated carbocycles. The summed E-state index contributed by atoms with van der Waals surface area (Å²) >= 11 is 0. The highest BCUT2D eigenvalue weighted by atomic mass is 16.7. The maximum atomic E-state index is 12.0. The molecular weight excluding hydrogens is 376 g/mol. The van der Waals surface area contributed by atoms with Gasteiger partial charge in [-0.2, -0.15) is 0 Å². The summed E-state index contributed by atoms with van der Waals surface area (Å²) in [5.41, 5.74) is 0. The summed E-state index contributed by atoms with van der Waals surface area (Å²) in [6.45, 7) is -1.27. The van der Waals surface area contributed by atoms with Crippen molar-refractivity contribution in [3.05, 3.63) is 0 Å². The molecule has 1 unspecified atom stereocenters. The molecule has 1 aliphatic heterocycles. The van der Waals surface area contributed by atoms with Crippen LogP contribution in [0.4, 0.5) is 0 Å². The SMILES string of the molecule is COC1O[C@H](COC=O)[C@@H](O)[C@H](O)[C@@H]1OC(=O)[C@@H](O)[C@@H](O)[C@H](O)[C@H](O)CO. The molecule has 0 amide bonds. The molecule has 0 aromatic carbocycles. The van der Waals surface area contributed by atoms with E-state index < -0.39 is 74.3 Å². The molecule has 158 valence electrons. The van der Waals surface area contributed by atoms with Crippen LogP contribution in [0.25, 0.3) is 0 Å². The molecule has 1 aliphatic rings. The number of hydrogen-bond acceptors (Lipinski definition) is 13. The topological polar surface area (TPSA) is 213 Å². The minimum atomic E-state index is -2.36. The van der Waals surface area contributed by atoms with E-state index in [0.717, 1.165) is 7.11 Å². The van der Waals surface area contributed by atoms with Gasteiger partial charge < -0.3 is 54.7 Å². The quantitative estimate of drug-likeness (QED) is 0.135. The van der Waals surface area contributed by atoms with Crippen molar-refractivity contribution in [1.82, 2.24) is 0 Å². The van der Waals surface area contributed by atoms with Crippen LogP contribution in [-0.2, 0) is 28.5 Å². The maximum absolute atomic E-state index is 12.0. The first-order chi connectivity index (χ1) is 12.7. The van der Waals surface area contributed by atoms with Crippen molar-refractivity contribution < 1.29 is 64.3 Å². The highest BCUT2D eigenvalue weighted by Gasteiger charge is 2.48. The summed E-state index contributed by atoms with van der Waals surface area (Å²) in [6.07, 6.45) is -16.2. The summed E-state index contributed by atoms with van der Waals surface area (Å²) in [5, 5.41) is 67.0. The van der Waals surface area contributed by atoms with Crippen LogP contribution in [0.3, 0.4) is 0 Å². The molecule has 0 aromatic rings. The molecule has 0 bridgehead atoms. The van der Waals surface area contributed by atoms with Gasteiger partial charge in [0.1, 0.15) is 43.2 Å². The lowest BCUT2D eigenvalue weighted by Crippen LogP contribution is -2.61. The third-order valence-electron chi connectivity index (χ3n) is 3.95. The molecular formula is C14H24O13. The first-order valence-corrected chi connectivity index (χ1v) is 7.82. The Balaban J connectivity index is 2.80. The molecule has 9 atom stereocenters. The van der Waals surface area contributed by atoms with E-state index in [4.69, 9.17) is 19.3 Å². The normalized spacial score (nSPS) is 32.8. The highest BCUT2D eigenvalue weighted by Crippen LogP contribution is 2.25. The summed E-state index contributed by atoms with van der Waals surface area (Å²) in [4.78, 5) is 22.2. The predicted molar refractivity (Wildman–Crippen MR) is 80.7 cm³/mol. The van der Waals surface area contributed by atoms with Gasteiger partial charge in [-0.15, -0.1) is 0 Å². The summed E-state index contributed by atoms with van der Waals surface area (Å²) in [7, 11) is 1.13. The number of carbonyl (C=O) groups excluding carboxylic acids is 2. The molecule has 0 radical (unpaired) electrons. The molecule has 7 N–H and O–H groups in total. The Morgan fingerprint density at radius 3 is 2.30 bits per heavy atom. The summed E-state index contributed by atoms with van der Waals surface area (Å²) < 4.78 is 19.4. The number of carbonyl (C=O) groups is 2. The molecule has 13 heteroatoms. The lowest BCUT2D eigenvalue weighted by Gasteiger charge is -2.41. The predicted octanol–water partition coefficient (Wildman–Crippen LogP) is -5.40. The molecule has 13 nitrogen and oxygen atoms in total. The fourth-order valence-corrected chi connectivity index (χ4v) is 2.36. The van der Waals surface area contributed by atoms with E-state index in [-0.39, 0.29) is 6.47 Å². The lowest BCUT2D eigenvalue weighted by atomic mass is 9.98. The van der Waals surface area contributed by atoms with E-state index in [2.05, 4.69) is 4.74 Å². The summed E-state index contributed by atoms with van der Waals surface area (Å²) in [6, 6.07) is 0. The molecule has 1 heterocycles. The Morgan fingerprint density at radius 2 is 1.78 bits per heavy atom. The zero-order chi connectivity index (χ0) is 20.7. The van der Waals surface area contributed by atoms with Crippen molar-refractivity contribution in [2.24, 2.45) is 0 Å². The number of rotatable bonds is 10. The molecule has 1 saturated heterocycles. The van der Waals surface area contributed by atoms with Gasteiger partial charge in [-0.3, -0.25) is 4.79 Å². The largest absolute Gasteiger partial charge is 0.465 e. The molecule has 0 spiro atoms. The van der Waals surface area contributed by atoms with Gasteiger partial charge in [-0.1, -0.05) is 0 Å². The molecule has 0 aliphatic carbocycles. The molecule has 1 fully saturated rings. The third kappa shape index (κ3) is 5.78. The smallest absolute Gasteiger partial charge is 0.338 e. The number of hydrogen-bond donors (Lipinski definition) is 7. The van der Waals surface area contributed by atoms with Crippen LogP contribution in [0, 0.1) is 0 Å². The number of methoxy groups -OCH3 is 1. The van der Waals surface area contributed by atoms with Gasteiger partial charge in [-0.05, 0) is 0 Å². The zero-order valence-electron chi connectivity index (χ0n) is 14.3. The van der Waals surface area contributed by atoms with Gasteiger partial charge in [0, 0.05) is 7.11 Å². The highest BCUT2D eigenvalue weighted by molar-refractivity contribution is 5.75. The lowest BCUT2D eigenvalue weighted by molar-refractivity contribution is -0.300. The number of esters is 1. The van der Waals surface area contributed by atoms with Crippen LogP contribution in [-0.4, -0.2) is 124 Å². The second-order valence-corrected chi connectivity index (χ2v) is 5.77. The first-order valence-electron chi connectivity index (χ1n) is 7.82. The van der Waals surface area contributed by atoms with E-state index in [9.17, 15) is 40.2 Å². The average Bonchev–Trinajstić information content (AvgIpc) is 2.68. The Hall–Kier alpha value is -1.42. The Labute approximate surface area is 153 Å². The van der Waals surface area contributed by atoms with E-state index in [1.165, 1.54) is 0 Å². The van der Waals surface area contributed by atoms with Gasteiger partial charge in [0.25, 0.3) is 6.47 Å². The van der Waals surface area contributed by atoms with Crippen molar-refractivity contribution in [2.75, 3.05) is 20.3 Å². The van der Waals surface area contributed by atoms with Crippen molar-refractivity contribution in [3.63, 3.8) is 0 Å². The first kappa shape index (κ1) is 23.6. The maximum Gasteiger partial charge on any atom is 0.338 e. The van der Waals surface area contributed by atoms with Crippen molar-refractivity contribution in [3.8, 4) is 0 Å². The van der Waals surface area contributed by atoms with Gasteiger partial charge in [0.2, 0.25) is 0 Å². The van der Waals surface area contributed by atoms with E-state index >= 15 is 0 Å². The van der Waals surface area contributed by atoms with Gasteiger partial charge in [-0.25, -0.2) is 4.79 Å². The monoisotopic (exact) mass is 400 g/mol. The zero-order valence-corrected chi connectivity index (χ0v) is 14.3. The van der Waals surface area contributed by atoms with Crippen molar-refractivity contribution >= 4 is 12.4 Å². The van der Waals surface area contributed by atoms with Crippen LogP contribution in [0.2, 0.25) is 0 Å². The minimum Gasteiger partial charge on any atom is -0.465 e. The van der Waals surface area contributed by atoms with Crippen LogP contribution >= 0.6 is 0 Å². The van der Waals surface area contributed by atoms with Crippen LogP contribution < -0.4 is 0 Å². The average molecular weight is 400 g/mol. The van der Waals surface area contributed by atoms with Crippen molar-refractivity contribution in [2.45, 2.75) is 55.1 Å². The second kappa shape index (κ2) is 10.8. The number of aliphatic hydroxyl groups is 7. The minimum absolute atomic E-state index is 0.0975. The van der Waals surface area contributed by atoms with Gasteiger partial charge in [0.05, 0.1) is 6.61 Å². The Bertz CT molecular complexity index is 472. The Morgan fingerprint density at radius 1 is 1.15 bits per heavy atom. The Kier molecular flexibility index (Phi) is 9.44. The summed E-state index contributed by atoms with van der Waals surface area (Å²) in [5.74, 6) is -1.53. The van der Waals surface area contributed by atoms with Gasteiger partial charge in [0.15, 0.2) is 18.5 Å². The van der Waals surface area contributed by atoms with E-state index in [0.29, 0.717) is 0 Å². The van der Waals surface area contributed by atoms with E-state index in [1.54, 1.807) is 0 Å². The van der Waals surface area contributed by atoms with Crippen LogP contribution in [0.15, 0.2) is 0 Å². The van der Waals surface area contributed by atoms with Gasteiger partial charge >= 0.3 is 5.97 Å².